The maximum atomic E-state index is 13.0. The number of aromatic nitrogens is 3. The number of aryl methyl sites for hydroxylation is 3. The molecule has 0 N–H and O–H groups in total. The number of thiophene rings is 1. The molecule has 1 fully saturated rings. The average molecular weight is 366 g/mol. The summed E-state index contributed by atoms with van der Waals surface area (Å²) < 4.78 is 0. The van der Waals surface area contributed by atoms with Crippen LogP contribution < -0.4 is 4.90 Å². The number of fused-ring (bicyclic) bond motifs is 1. The van der Waals surface area contributed by atoms with Crippen LogP contribution in [0.3, 0.4) is 0 Å². The Kier molecular flexibility index (Phi) is 4.44. The summed E-state index contributed by atoms with van der Waals surface area (Å²) in [5.74, 6) is 1.19. The predicted molar refractivity (Wildman–Crippen MR) is 105 cm³/mol. The van der Waals surface area contributed by atoms with E-state index >= 15 is 0 Å². The molecular formula is C20H22N4OS. The van der Waals surface area contributed by atoms with E-state index in [1.807, 2.05) is 25.3 Å². The highest BCUT2D eigenvalue weighted by Crippen LogP contribution is 2.31. The molecule has 1 aliphatic rings. The molecule has 0 saturated carbocycles. The van der Waals surface area contributed by atoms with Crippen molar-refractivity contribution >= 4 is 34.0 Å². The second-order valence-electron chi connectivity index (χ2n) is 7.06. The maximum absolute atomic E-state index is 13.0. The number of hydrogen-bond acceptors (Lipinski definition) is 6. The Hall–Kier alpha value is -2.34. The molecular weight excluding hydrogens is 344 g/mol. The van der Waals surface area contributed by atoms with Gasteiger partial charge in [-0.15, -0.1) is 11.3 Å². The second-order valence-corrected chi connectivity index (χ2v) is 7.97. The quantitative estimate of drug-likeness (QED) is 0.653. The Bertz CT molecular complexity index is 981. The van der Waals surface area contributed by atoms with Crippen LogP contribution in [0.2, 0.25) is 0 Å². The first-order valence-corrected chi connectivity index (χ1v) is 9.85. The molecule has 0 spiro atoms. The molecule has 3 aromatic rings. The molecule has 4 heterocycles. The van der Waals surface area contributed by atoms with E-state index in [1.54, 1.807) is 17.7 Å². The molecule has 1 aliphatic heterocycles. The average Bonchev–Trinajstić information content (AvgIpc) is 3.06. The maximum Gasteiger partial charge on any atom is 0.177 e. The van der Waals surface area contributed by atoms with E-state index in [9.17, 15) is 4.79 Å². The van der Waals surface area contributed by atoms with Crippen molar-refractivity contribution < 1.29 is 4.79 Å². The summed E-state index contributed by atoms with van der Waals surface area (Å²) in [6, 6.07) is 4.09. The third-order valence-electron chi connectivity index (χ3n) is 5.09. The highest BCUT2D eigenvalue weighted by molar-refractivity contribution is 7.12. The van der Waals surface area contributed by atoms with Gasteiger partial charge >= 0.3 is 0 Å². The van der Waals surface area contributed by atoms with Crippen molar-refractivity contribution in [2.45, 2.75) is 33.6 Å². The van der Waals surface area contributed by atoms with Crippen molar-refractivity contribution in [3.63, 3.8) is 0 Å². The molecule has 3 aromatic heterocycles. The lowest BCUT2D eigenvalue weighted by molar-refractivity contribution is 0.0911. The largest absolute Gasteiger partial charge is 0.355 e. The molecule has 6 heteroatoms. The molecule has 0 aliphatic carbocycles. The molecule has 26 heavy (non-hydrogen) atoms. The number of anilines is 1. The fourth-order valence-corrected chi connectivity index (χ4v) is 4.77. The zero-order chi connectivity index (χ0) is 18.3. The lowest BCUT2D eigenvalue weighted by Gasteiger charge is -2.33. The van der Waals surface area contributed by atoms with Crippen LogP contribution in [0.5, 0.6) is 0 Å². The van der Waals surface area contributed by atoms with Crippen LogP contribution in [-0.2, 0) is 0 Å². The Balaban J connectivity index is 1.68. The van der Waals surface area contributed by atoms with Gasteiger partial charge in [-0.2, -0.15) is 0 Å². The molecule has 4 rings (SSSR count). The zero-order valence-electron chi connectivity index (χ0n) is 15.3. The van der Waals surface area contributed by atoms with Crippen molar-refractivity contribution in [2.75, 3.05) is 18.0 Å². The third-order valence-corrected chi connectivity index (χ3v) is 6.12. The van der Waals surface area contributed by atoms with Crippen LogP contribution in [0, 0.1) is 26.7 Å². The van der Waals surface area contributed by atoms with Crippen molar-refractivity contribution in [3.8, 4) is 0 Å². The first-order valence-electron chi connectivity index (χ1n) is 8.97. The summed E-state index contributed by atoms with van der Waals surface area (Å²) >= 11 is 1.55. The summed E-state index contributed by atoms with van der Waals surface area (Å²) in [4.78, 5) is 29.6. The van der Waals surface area contributed by atoms with E-state index in [-0.39, 0.29) is 11.7 Å². The lowest BCUT2D eigenvalue weighted by atomic mass is 9.92. The van der Waals surface area contributed by atoms with Crippen LogP contribution in [0.1, 0.15) is 39.3 Å². The van der Waals surface area contributed by atoms with E-state index in [1.165, 1.54) is 0 Å². The number of carbonyl (C=O) groups excluding carboxylic acids is 1. The van der Waals surface area contributed by atoms with Gasteiger partial charge in [0.25, 0.3) is 0 Å². The number of rotatable bonds is 3. The van der Waals surface area contributed by atoms with Gasteiger partial charge in [0.2, 0.25) is 0 Å². The second kappa shape index (κ2) is 6.76. The summed E-state index contributed by atoms with van der Waals surface area (Å²) in [5, 5.41) is 3.00. The van der Waals surface area contributed by atoms with Crippen LogP contribution in [0.4, 0.5) is 5.82 Å². The number of piperidine rings is 1. The Morgan fingerprint density at radius 3 is 2.85 bits per heavy atom. The smallest absolute Gasteiger partial charge is 0.177 e. The topological polar surface area (TPSA) is 59.0 Å². The monoisotopic (exact) mass is 366 g/mol. The van der Waals surface area contributed by atoms with Gasteiger partial charge in [-0.25, -0.2) is 15.0 Å². The standard InChI is InChI=1S/C20H22N4OS/c1-12-6-8-26-18(12)17(25)15-5-4-7-24(10-15)20-16-13(2)9-14(3)23-19(16)21-11-22-20/h6,8-9,11,15H,4-5,7,10H2,1-3H3. The minimum absolute atomic E-state index is 0.0184. The Morgan fingerprint density at radius 2 is 2.08 bits per heavy atom. The van der Waals surface area contributed by atoms with Gasteiger partial charge < -0.3 is 4.90 Å². The number of carbonyl (C=O) groups is 1. The fourth-order valence-electron chi connectivity index (χ4n) is 3.82. The number of hydrogen-bond donors (Lipinski definition) is 0. The van der Waals surface area contributed by atoms with Gasteiger partial charge in [0.05, 0.1) is 10.3 Å². The normalized spacial score (nSPS) is 17.7. The summed E-state index contributed by atoms with van der Waals surface area (Å²) in [6.45, 7) is 7.68. The van der Waals surface area contributed by atoms with Gasteiger partial charge in [-0.05, 0) is 62.3 Å². The first-order chi connectivity index (χ1) is 12.5. The molecule has 1 saturated heterocycles. The van der Waals surface area contributed by atoms with Gasteiger partial charge in [0.15, 0.2) is 11.4 Å². The van der Waals surface area contributed by atoms with Gasteiger partial charge in [-0.3, -0.25) is 4.79 Å². The van der Waals surface area contributed by atoms with Crippen molar-refractivity contribution in [2.24, 2.45) is 5.92 Å². The number of pyridine rings is 1. The lowest BCUT2D eigenvalue weighted by Crippen LogP contribution is -2.39. The molecule has 0 radical (unpaired) electrons. The van der Waals surface area contributed by atoms with Crippen LogP contribution >= 0.6 is 11.3 Å². The Labute approximate surface area is 157 Å². The fraction of sp³-hybridized carbons (Fsp3) is 0.400. The molecule has 1 atom stereocenters. The molecule has 1 unspecified atom stereocenters. The van der Waals surface area contributed by atoms with Crippen molar-refractivity contribution in [3.05, 3.63) is 45.5 Å². The summed E-state index contributed by atoms with van der Waals surface area (Å²) in [5.41, 5.74) is 3.90. The molecule has 134 valence electrons. The predicted octanol–water partition coefficient (Wildman–Crippen LogP) is 4.11. The Morgan fingerprint density at radius 1 is 1.23 bits per heavy atom. The van der Waals surface area contributed by atoms with Gasteiger partial charge in [0, 0.05) is 24.7 Å². The number of ketones is 1. The highest BCUT2D eigenvalue weighted by atomic mass is 32.1. The van der Waals surface area contributed by atoms with Crippen molar-refractivity contribution in [1.29, 1.82) is 0 Å². The van der Waals surface area contributed by atoms with E-state index in [0.717, 1.165) is 57.9 Å². The van der Waals surface area contributed by atoms with E-state index < -0.39 is 0 Å². The van der Waals surface area contributed by atoms with E-state index in [0.29, 0.717) is 6.54 Å². The van der Waals surface area contributed by atoms with E-state index in [4.69, 9.17) is 0 Å². The number of Topliss-reactive ketones (excluding diaryl/α,β-unsaturated/α-hetero) is 1. The summed E-state index contributed by atoms with van der Waals surface area (Å²) in [6.07, 6.45) is 3.51. The molecule has 0 bridgehead atoms. The SMILES string of the molecule is Cc1cc(C)c2c(N3CCCC(C(=O)c4sccc4C)C3)ncnc2n1. The van der Waals surface area contributed by atoms with Gasteiger partial charge in [-0.1, -0.05) is 0 Å². The molecule has 5 nitrogen and oxygen atoms in total. The zero-order valence-corrected chi connectivity index (χ0v) is 16.1. The minimum atomic E-state index is 0.0184. The van der Waals surface area contributed by atoms with E-state index in [2.05, 4.69) is 32.8 Å². The van der Waals surface area contributed by atoms with Crippen LogP contribution in [0.25, 0.3) is 11.0 Å². The molecule has 0 aromatic carbocycles. The van der Waals surface area contributed by atoms with Crippen LogP contribution in [-0.4, -0.2) is 33.8 Å². The third kappa shape index (κ3) is 2.98. The van der Waals surface area contributed by atoms with Crippen LogP contribution in [0.15, 0.2) is 23.8 Å². The van der Waals surface area contributed by atoms with Gasteiger partial charge in [0.1, 0.15) is 12.1 Å². The highest BCUT2D eigenvalue weighted by Gasteiger charge is 2.29. The van der Waals surface area contributed by atoms with Crippen molar-refractivity contribution in [1.82, 2.24) is 15.0 Å². The minimum Gasteiger partial charge on any atom is -0.355 e. The first kappa shape index (κ1) is 17.1. The number of nitrogens with zero attached hydrogens (tertiary/aromatic N) is 4. The molecule has 0 amide bonds. The summed E-state index contributed by atoms with van der Waals surface area (Å²) in [7, 11) is 0.